The molecule has 4 aromatic rings. The molecule has 4 heterocycles. The average Bonchev–Trinajstić information content (AvgIpc) is 3.62. The van der Waals surface area contributed by atoms with Gasteiger partial charge in [-0.2, -0.15) is 9.61 Å². The van der Waals surface area contributed by atoms with Gasteiger partial charge in [0.05, 0.1) is 11.9 Å². The number of anilines is 1. The first kappa shape index (κ1) is 19.4. The largest absolute Gasteiger partial charge is 0.366 e. The first-order valence-electron chi connectivity index (χ1n) is 11.7. The van der Waals surface area contributed by atoms with E-state index in [4.69, 9.17) is 10.1 Å². The Morgan fingerprint density at radius 2 is 1.81 bits per heavy atom. The highest BCUT2D eigenvalue weighted by molar-refractivity contribution is 5.60. The molecule has 1 aliphatic carbocycles. The highest BCUT2D eigenvalue weighted by Crippen LogP contribution is 2.42. The number of hydrogen-bond donors (Lipinski definition) is 2. The van der Waals surface area contributed by atoms with Crippen molar-refractivity contribution >= 4 is 11.5 Å². The second-order valence-electron chi connectivity index (χ2n) is 8.97. The molecule has 2 aliphatic rings. The van der Waals surface area contributed by atoms with Crippen molar-refractivity contribution in [3.8, 4) is 11.3 Å². The number of nitrogens with one attached hydrogen (secondary N) is 2. The molecular formula is C26H28N6. The van der Waals surface area contributed by atoms with Gasteiger partial charge in [-0.25, -0.2) is 4.98 Å². The number of aromatic nitrogens is 4. The number of piperidine rings is 1. The molecule has 0 amide bonds. The molecule has 0 spiro atoms. The van der Waals surface area contributed by atoms with Gasteiger partial charge in [-0.1, -0.05) is 30.3 Å². The fourth-order valence-corrected chi connectivity index (χ4v) is 4.65. The van der Waals surface area contributed by atoms with E-state index in [1.165, 1.54) is 29.7 Å². The lowest BCUT2D eigenvalue weighted by Crippen LogP contribution is -2.27. The van der Waals surface area contributed by atoms with Crippen molar-refractivity contribution in [1.29, 1.82) is 0 Å². The van der Waals surface area contributed by atoms with Crippen LogP contribution in [-0.4, -0.2) is 32.7 Å². The summed E-state index contributed by atoms with van der Waals surface area (Å²) in [6.07, 6.45) is 8.66. The van der Waals surface area contributed by atoms with Gasteiger partial charge in [-0.15, -0.1) is 0 Å². The van der Waals surface area contributed by atoms with E-state index >= 15 is 0 Å². The van der Waals surface area contributed by atoms with Gasteiger partial charge in [0.1, 0.15) is 5.82 Å². The maximum absolute atomic E-state index is 5.11. The second kappa shape index (κ2) is 8.36. The maximum atomic E-state index is 5.11. The molecule has 0 bridgehead atoms. The summed E-state index contributed by atoms with van der Waals surface area (Å²) < 4.78 is 2.00. The molecule has 32 heavy (non-hydrogen) atoms. The Morgan fingerprint density at radius 3 is 2.56 bits per heavy atom. The third-order valence-electron chi connectivity index (χ3n) is 6.68. The minimum absolute atomic E-state index is 0.515. The Bertz CT molecular complexity index is 1200. The van der Waals surface area contributed by atoms with Gasteiger partial charge in [0.2, 0.25) is 0 Å². The molecule has 0 unspecified atom stereocenters. The third kappa shape index (κ3) is 3.86. The first-order chi connectivity index (χ1) is 15.8. The molecule has 6 heteroatoms. The Kier molecular flexibility index (Phi) is 5.07. The van der Waals surface area contributed by atoms with Crippen LogP contribution in [0.1, 0.15) is 54.3 Å². The van der Waals surface area contributed by atoms with Crippen LogP contribution in [0.4, 0.5) is 5.82 Å². The van der Waals surface area contributed by atoms with Crippen molar-refractivity contribution < 1.29 is 0 Å². The molecule has 2 fully saturated rings. The average molecular weight is 425 g/mol. The fraction of sp³-hybridized carbons (Fsp3) is 0.346. The molecule has 1 aromatic carbocycles. The van der Waals surface area contributed by atoms with Gasteiger partial charge in [0, 0.05) is 41.5 Å². The predicted octanol–water partition coefficient (Wildman–Crippen LogP) is 4.75. The molecule has 1 aliphatic heterocycles. The standard InChI is InChI=1S/C26H28N6/c1-2-12-28-23(3-1)20-6-4-18(5-7-20)16-29-25-15-24(21-10-13-27-14-11-21)31-26-22(19-8-9-19)17-30-32(25)26/h1-7,12,15,17,19,21,27,29H,8-11,13-14,16H2. The van der Waals surface area contributed by atoms with Crippen LogP contribution >= 0.6 is 0 Å². The molecule has 1 saturated heterocycles. The third-order valence-corrected chi connectivity index (χ3v) is 6.68. The quantitative estimate of drug-likeness (QED) is 0.468. The monoisotopic (exact) mass is 424 g/mol. The van der Waals surface area contributed by atoms with Crippen LogP contribution in [0.15, 0.2) is 60.9 Å². The number of hydrogen-bond acceptors (Lipinski definition) is 5. The molecule has 2 N–H and O–H groups in total. The van der Waals surface area contributed by atoms with E-state index in [2.05, 4.69) is 45.9 Å². The van der Waals surface area contributed by atoms with E-state index in [1.807, 2.05) is 35.1 Å². The summed E-state index contributed by atoms with van der Waals surface area (Å²) in [4.78, 5) is 9.55. The smallest absolute Gasteiger partial charge is 0.161 e. The van der Waals surface area contributed by atoms with Gasteiger partial charge >= 0.3 is 0 Å². The summed E-state index contributed by atoms with van der Waals surface area (Å²) in [6, 6.07) is 16.8. The van der Waals surface area contributed by atoms with Gasteiger partial charge in [-0.3, -0.25) is 4.98 Å². The minimum atomic E-state index is 0.515. The molecule has 1 saturated carbocycles. The summed E-state index contributed by atoms with van der Waals surface area (Å²) in [7, 11) is 0. The molecule has 0 radical (unpaired) electrons. The summed E-state index contributed by atoms with van der Waals surface area (Å²) in [5.74, 6) is 2.18. The molecule has 162 valence electrons. The zero-order chi connectivity index (χ0) is 21.3. The van der Waals surface area contributed by atoms with Crippen LogP contribution in [0, 0.1) is 0 Å². The predicted molar refractivity (Wildman–Crippen MR) is 127 cm³/mol. The van der Waals surface area contributed by atoms with Crippen LogP contribution in [0.5, 0.6) is 0 Å². The zero-order valence-corrected chi connectivity index (χ0v) is 18.2. The van der Waals surface area contributed by atoms with Crippen LogP contribution in [0.3, 0.4) is 0 Å². The highest BCUT2D eigenvalue weighted by atomic mass is 15.3. The number of rotatable bonds is 6. The fourth-order valence-electron chi connectivity index (χ4n) is 4.65. The normalized spacial score (nSPS) is 17.0. The van der Waals surface area contributed by atoms with Gasteiger partial charge in [0.15, 0.2) is 5.65 Å². The first-order valence-corrected chi connectivity index (χ1v) is 11.7. The lowest BCUT2D eigenvalue weighted by Gasteiger charge is -2.23. The van der Waals surface area contributed by atoms with Crippen LogP contribution in [0.2, 0.25) is 0 Å². The lowest BCUT2D eigenvalue weighted by atomic mass is 9.94. The number of fused-ring (bicyclic) bond motifs is 1. The summed E-state index contributed by atoms with van der Waals surface area (Å²) in [5.41, 5.74) is 6.91. The Balaban J connectivity index is 1.27. The molecule has 3 aromatic heterocycles. The molecule has 0 atom stereocenters. The highest BCUT2D eigenvalue weighted by Gasteiger charge is 2.29. The molecular weight excluding hydrogens is 396 g/mol. The van der Waals surface area contributed by atoms with Crippen LogP contribution < -0.4 is 10.6 Å². The van der Waals surface area contributed by atoms with E-state index in [0.29, 0.717) is 11.8 Å². The van der Waals surface area contributed by atoms with Crippen molar-refractivity contribution in [1.82, 2.24) is 24.9 Å². The van der Waals surface area contributed by atoms with Gasteiger partial charge < -0.3 is 10.6 Å². The van der Waals surface area contributed by atoms with E-state index < -0.39 is 0 Å². The molecule has 6 rings (SSSR count). The second-order valence-corrected chi connectivity index (χ2v) is 8.97. The minimum Gasteiger partial charge on any atom is -0.366 e. The Morgan fingerprint density at radius 1 is 0.969 bits per heavy atom. The van der Waals surface area contributed by atoms with Crippen LogP contribution in [-0.2, 0) is 6.54 Å². The summed E-state index contributed by atoms with van der Waals surface area (Å²) in [5, 5.41) is 11.8. The number of benzene rings is 1. The Hall–Kier alpha value is -3.25. The lowest BCUT2D eigenvalue weighted by molar-refractivity contribution is 0.453. The van der Waals surface area contributed by atoms with E-state index in [-0.39, 0.29) is 0 Å². The van der Waals surface area contributed by atoms with E-state index in [0.717, 1.165) is 55.2 Å². The van der Waals surface area contributed by atoms with Gasteiger partial charge in [-0.05, 0) is 62.4 Å². The van der Waals surface area contributed by atoms with Crippen molar-refractivity contribution in [3.63, 3.8) is 0 Å². The van der Waals surface area contributed by atoms with Crippen molar-refractivity contribution in [2.45, 2.75) is 44.1 Å². The van der Waals surface area contributed by atoms with Crippen molar-refractivity contribution in [3.05, 3.63) is 77.7 Å². The number of nitrogens with zero attached hydrogens (tertiary/aromatic N) is 4. The van der Waals surface area contributed by atoms with E-state index in [9.17, 15) is 0 Å². The van der Waals surface area contributed by atoms with E-state index in [1.54, 1.807) is 0 Å². The molecule has 6 nitrogen and oxygen atoms in total. The summed E-state index contributed by atoms with van der Waals surface area (Å²) in [6.45, 7) is 2.88. The summed E-state index contributed by atoms with van der Waals surface area (Å²) >= 11 is 0. The van der Waals surface area contributed by atoms with Gasteiger partial charge in [0.25, 0.3) is 0 Å². The Labute approximate surface area is 188 Å². The number of pyridine rings is 1. The zero-order valence-electron chi connectivity index (χ0n) is 18.2. The van der Waals surface area contributed by atoms with Crippen molar-refractivity contribution in [2.75, 3.05) is 18.4 Å². The van der Waals surface area contributed by atoms with Crippen molar-refractivity contribution in [2.24, 2.45) is 0 Å². The maximum Gasteiger partial charge on any atom is 0.161 e. The SMILES string of the molecule is c1ccc(-c2ccc(CNc3cc(C4CCNCC4)nc4c(C5CC5)cnn34)cc2)nc1. The topological polar surface area (TPSA) is 67.1 Å². The van der Waals surface area contributed by atoms with Crippen LogP contribution in [0.25, 0.3) is 16.9 Å².